The Morgan fingerprint density at radius 1 is 1.10 bits per heavy atom. The van der Waals surface area contributed by atoms with Crippen molar-refractivity contribution < 1.29 is 19.1 Å². The number of carbonyl (C=O) groups is 2. The number of aromatic nitrogens is 1. The second-order valence-electron chi connectivity index (χ2n) is 6.89. The number of nitrogens with one attached hydrogen (secondary N) is 1. The highest BCUT2D eigenvalue weighted by Crippen LogP contribution is 2.30. The zero-order valence-corrected chi connectivity index (χ0v) is 16.5. The van der Waals surface area contributed by atoms with Crippen LogP contribution < -0.4 is 15.0 Å². The van der Waals surface area contributed by atoms with Crippen molar-refractivity contribution in [3.63, 3.8) is 0 Å². The number of fused-ring (bicyclic) bond motifs is 1. The predicted octanol–water partition coefficient (Wildman–Crippen LogP) is 3.40. The summed E-state index contributed by atoms with van der Waals surface area (Å²) in [6.07, 6.45) is 1.58. The average Bonchev–Trinajstić information content (AvgIpc) is 3.14. The van der Waals surface area contributed by atoms with Gasteiger partial charge < -0.3 is 19.7 Å². The lowest BCUT2D eigenvalue weighted by Gasteiger charge is -2.30. The molecule has 0 unspecified atom stereocenters. The van der Waals surface area contributed by atoms with Gasteiger partial charge in [-0.15, -0.1) is 0 Å². The molecule has 1 aliphatic heterocycles. The first-order valence-electron chi connectivity index (χ1n) is 9.51. The standard InChI is InChI=1S/C22H23N3O4/c1-15(26)25-14-18(17-13-16(28-2)7-8-20(17)25)22(27)23-19-5-3-4-6-21(19)24-9-11-29-12-10-24/h3-8,13-14H,9-12H2,1-2H3,(H,23,27). The number of carbonyl (C=O) groups excluding carboxylic acids is 2. The third kappa shape index (κ3) is 3.69. The summed E-state index contributed by atoms with van der Waals surface area (Å²) in [7, 11) is 1.57. The second-order valence-corrected chi connectivity index (χ2v) is 6.89. The number of hydrogen-bond donors (Lipinski definition) is 1. The third-order valence-corrected chi connectivity index (χ3v) is 5.10. The molecule has 1 fully saturated rings. The molecule has 0 saturated carbocycles. The highest BCUT2D eigenvalue weighted by Gasteiger charge is 2.20. The molecule has 1 aliphatic rings. The summed E-state index contributed by atoms with van der Waals surface area (Å²) in [5, 5.41) is 3.69. The van der Waals surface area contributed by atoms with E-state index >= 15 is 0 Å². The minimum Gasteiger partial charge on any atom is -0.497 e. The van der Waals surface area contributed by atoms with Crippen LogP contribution in [0.5, 0.6) is 5.75 Å². The largest absolute Gasteiger partial charge is 0.497 e. The zero-order valence-electron chi connectivity index (χ0n) is 16.5. The Morgan fingerprint density at radius 2 is 1.86 bits per heavy atom. The van der Waals surface area contributed by atoms with Gasteiger partial charge in [-0.25, -0.2) is 0 Å². The van der Waals surface area contributed by atoms with Crippen LogP contribution in [-0.4, -0.2) is 49.8 Å². The lowest BCUT2D eigenvalue weighted by Crippen LogP contribution is -2.36. The number of anilines is 2. The molecule has 7 heteroatoms. The van der Waals surface area contributed by atoms with Crippen LogP contribution in [0.4, 0.5) is 11.4 Å². The summed E-state index contributed by atoms with van der Waals surface area (Å²) < 4.78 is 12.2. The van der Waals surface area contributed by atoms with Crippen molar-refractivity contribution >= 4 is 34.1 Å². The number of methoxy groups -OCH3 is 1. The topological polar surface area (TPSA) is 72.8 Å². The zero-order chi connectivity index (χ0) is 20.4. The Hall–Kier alpha value is -3.32. The Balaban J connectivity index is 1.71. The number of rotatable bonds is 4. The minimum absolute atomic E-state index is 0.159. The number of morpholine rings is 1. The molecular weight excluding hydrogens is 370 g/mol. The van der Waals surface area contributed by atoms with Crippen LogP contribution in [0.1, 0.15) is 22.1 Å². The van der Waals surface area contributed by atoms with Gasteiger partial charge in [-0.1, -0.05) is 12.1 Å². The molecule has 2 heterocycles. The van der Waals surface area contributed by atoms with E-state index in [0.29, 0.717) is 35.4 Å². The molecule has 1 saturated heterocycles. The van der Waals surface area contributed by atoms with Gasteiger partial charge in [0.2, 0.25) is 5.91 Å². The van der Waals surface area contributed by atoms with Gasteiger partial charge in [0, 0.05) is 31.6 Å². The maximum atomic E-state index is 13.2. The van der Waals surface area contributed by atoms with E-state index in [0.717, 1.165) is 24.5 Å². The normalized spacial score (nSPS) is 14.1. The van der Waals surface area contributed by atoms with Gasteiger partial charge in [0.05, 0.1) is 42.8 Å². The fourth-order valence-corrected chi connectivity index (χ4v) is 3.63. The second kappa shape index (κ2) is 7.97. The predicted molar refractivity (Wildman–Crippen MR) is 112 cm³/mol. The lowest BCUT2D eigenvalue weighted by molar-refractivity contribution is 0.0941. The Morgan fingerprint density at radius 3 is 2.59 bits per heavy atom. The number of ether oxygens (including phenoxy) is 2. The molecule has 0 aliphatic carbocycles. The Bertz CT molecular complexity index is 1070. The fraction of sp³-hybridized carbons (Fsp3) is 0.273. The summed E-state index contributed by atoms with van der Waals surface area (Å²) in [4.78, 5) is 27.4. The summed E-state index contributed by atoms with van der Waals surface area (Å²) in [5.41, 5.74) is 2.78. The van der Waals surface area contributed by atoms with Crippen molar-refractivity contribution in [2.45, 2.75) is 6.92 Å². The Labute approximate surface area is 168 Å². The van der Waals surface area contributed by atoms with E-state index < -0.39 is 0 Å². The van der Waals surface area contributed by atoms with E-state index in [-0.39, 0.29) is 11.8 Å². The van der Waals surface area contributed by atoms with Gasteiger partial charge in [-0.2, -0.15) is 0 Å². The van der Waals surface area contributed by atoms with Crippen molar-refractivity contribution in [3.8, 4) is 5.75 Å². The average molecular weight is 393 g/mol. The van der Waals surface area contributed by atoms with Gasteiger partial charge in [-0.3, -0.25) is 14.2 Å². The van der Waals surface area contributed by atoms with Crippen LogP contribution in [0, 0.1) is 0 Å². The molecular formula is C22H23N3O4. The smallest absolute Gasteiger partial charge is 0.257 e. The first-order chi connectivity index (χ1) is 14.1. The molecule has 150 valence electrons. The number of para-hydroxylation sites is 2. The maximum Gasteiger partial charge on any atom is 0.257 e. The van der Waals surface area contributed by atoms with Gasteiger partial charge in [0.25, 0.3) is 5.91 Å². The highest BCUT2D eigenvalue weighted by atomic mass is 16.5. The summed E-state index contributed by atoms with van der Waals surface area (Å²) >= 11 is 0. The summed E-state index contributed by atoms with van der Waals surface area (Å²) in [6.45, 7) is 4.34. The maximum absolute atomic E-state index is 13.2. The van der Waals surface area contributed by atoms with Gasteiger partial charge >= 0.3 is 0 Å². The molecule has 2 aromatic carbocycles. The van der Waals surface area contributed by atoms with E-state index in [2.05, 4.69) is 10.2 Å². The van der Waals surface area contributed by atoms with Gasteiger partial charge in [-0.05, 0) is 30.3 Å². The molecule has 0 atom stereocenters. The summed E-state index contributed by atoms with van der Waals surface area (Å²) in [6, 6.07) is 13.0. The molecule has 0 radical (unpaired) electrons. The molecule has 0 bridgehead atoms. The van der Waals surface area contributed by atoms with Crippen LogP contribution in [0.15, 0.2) is 48.7 Å². The molecule has 1 N–H and O–H groups in total. The van der Waals surface area contributed by atoms with Crippen molar-refractivity contribution in [1.82, 2.24) is 4.57 Å². The molecule has 7 nitrogen and oxygen atoms in total. The quantitative estimate of drug-likeness (QED) is 0.736. The monoisotopic (exact) mass is 393 g/mol. The Kier molecular flexibility index (Phi) is 5.22. The van der Waals surface area contributed by atoms with Gasteiger partial charge in [0.1, 0.15) is 5.75 Å². The lowest BCUT2D eigenvalue weighted by atomic mass is 10.1. The van der Waals surface area contributed by atoms with Gasteiger partial charge in [0.15, 0.2) is 0 Å². The van der Waals surface area contributed by atoms with E-state index in [4.69, 9.17) is 9.47 Å². The van der Waals surface area contributed by atoms with Crippen LogP contribution >= 0.6 is 0 Å². The van der Waals surface area contributed by atoms with Crippen LogP contribution in [0.3, 0.4) is 0 Å². The van der Waals surface area contributed by atoms with E-state index in [1.165, 1.54) is 11.5 Å². The minimum atomic E-state index is -0.274. The van der Waals surface area contributed by atoms with E-state index in [1.54, 1.807) is 31.5 Å². The first kappa shape index (κ1) is 19.0. The molecule has 0 spiro atoms. The third-order valence-electron chi connectivity index (χ3n) is 5.10. The van der Waals surface area contributed by atoms with Crippen LogP contribution in [0.2, 0.25) is 0 Å². The fourth-order valence-electron chi connectivity index (χ4n) is 3.63. The number of hydrogen-bond acceptors (Lipinski definition) is 5. The first-order valence-corrected chi connectivity index (χ1v) is 9.51. The van der Waals surface area contributed by atoms with Crippen molar-refractivity contribution in [1.29, 1.82) is 0 Å². The SMILES string of the molecule is COc1ccc2c(c1)c(C(=O)Nc1ccccc1N1CCOCC1)cn2C(C)=O. The van der Waals surface area contributed by atoms with E-state index in [9.17, 15) is 9.59 Å². The van der Waals surface area contributed by atoms with Crippen molar-refractivity contribution in [2.75, 3.05) is 43.6 Å². The molecule has 3 aromatic rings. The van der Waals surface area contributed by atoms with Crippen molar-refractivity contribution in [3.05, 3.63) is 54.2 Å². The molecule has 1 aromatic heterocycles. The van der Waals surface area contributed by atoms with Crippen molar-refractivity contribution in [2.24, 2.45) is 0 Å². The molecule has 4 rings (SSSR count). The molecule has 1 amide bonds. The number of nitrogens with zero attached hydrogens (tertiary/aromatic N) is 2. The number of amides is 1. The van der Waals surface area contributed by atoms with Crippen LogP contribution in [0.25, 0.3) is 10.9 Å². The van der Waals surface area contributed by atoms with Crippen LogP contribution in [-0.2, 0) is 4.74 Å². The summed E-state index contributed by atoms with van der Waals surface area (Å²) in [5.74, 6) is 0.193. The highest BCUT2D eigenvalue weighted by molar-refractivity contribution is 6.15. The van der Waals surface area contributed by atoms with E-state index in [1.807, 2.05) is 24.3 Å². The number of benzene rings is 2. The molecule has 29 heavy (non-hydrogen) atoms.